The van der Waals surface area contributed by atoms with Gasteiger partial charge in [-0.2, -0.15) is 0 Å². The first-order valence-electron chi connectivity index (χ1n) is 8.02. The van der Waals surface area contributed by atoms with Crippen molar-refractivity contribution in [2.75, 3.05) is 30.4 Å². The van der Waals surface area contributed by atoms with E-state index in [0.29, 0.717) is 24.4 Å². The van der Waals surface area contributed by atoms with Crippen molar-refractivity contribution in [3.63, 3.8) is 0 Å². The van der Waals surface area contributed by atoms with Crippen LogP contribution in [0.3, 0.4) is 0 Å². The molecule has 0 aliphatic carbocycles. The molecule has 0 radical (unpaired) electrons. The molecule has 26 heavy (non-hydrogen) atoms. The van der Waals surface area contributed by atoms with Crippen molar-refractivity contribution in [3.05, 3.63) is 42.0 Å². The zero-order valence-electron chi connectivity index (χ0n) is 14.8. The summed E-state index contributed by atoms with van der Waals surface area (Å²) < 4.78 is 38.5. The van der Waals surface area contributed by atoms with Crippen molar-refractivity contribution >= 4 is 27.3 Å². The number of amides is 1. The lowest BCUT2D eigenvalue weighted by atomic mass is 10.2. The average molecular weight is 376 g/mol. The fraction of sp³-hybridized carbons (Fsp3) is 0.278. The number of rotatable bonds is 5. The Bertz CT molecular complexity index is 956. The van der Waals surface area contributed by atoms with Gasteiger partial charge in [0.2, 0.25) is 5.91 Å². The molecule has 8 heteroatoms. The Balaban J connectivity index is 2.14. The van der Waals surface area contributed by atoms with Crippen LogP contribution in [0.15, 0.2) is 41.3 Å². The molecule has 2 aromatic carbocycles. The van der Waals surface area contributed by atoms with Gasteiger partial charge in [0.05, 0.1) is 25.6 Å². The number of carbonyl (C=O) groups excluding carboxylic acids is 1. The van der Waals surface area contributed by atoms with Gasteiger partial charge in [0.1, 0.15) is 16.4 Å². The minimum absolute atomic E-state index is 0.0266. The normalized spacial score (nSPS) is 13.3. The number of hydrogen-bond donors (Lipinski definition) is 1. The summed E-state index contributed by atoms with van der Waals surface area (Å²) in [5, 5.41) is 2.60. The van der Waals surface area contributed by atoms with Crippen LogP contribution in [0.4, 0.5) is 11.4 Å². The number of benzene rings is 2. The third-order valence-corrected chi connectivity index (χ3v) is 6.04. The van der Waals surface area contributed by atoms with Gasteiger partial charge < -0.3 is 14.8 Å². The number of nitrogens with one attached hydrogen (secondary N) is 1. The van der Waals surface area contributed by atoms with Gasteiger partial charge in [-0.15, -0.1) is 0 Å². The second kappa shape index (κ2) is 6.87. The summed E-state index contributed by atoms with van der Waals surface area (Å²) in [7, 11) is -1.05. The van der Waals surface area contributed by atoms with E-state index in [-0.39, 0.29) is 22.2 Å². The molecular formula is C18H20N2O5S. The van der Waals surface area contributed by atoms with E-state index in [2.05, 4.69) is 5.32 Å². The highest BCUT2D eigenvalue weighted by Crippen LogP contribution is 2.40. The highest BCUT2D eigenvalue weighted by atomic mass is 32.2. The van der Waals surface area contributed by atoms with Crippen LogP contribution in [-0.4, -0.2) is 35.1 Å². The van der Waals surface area contributed by atoms with Gasteiger partial charge in [0.25, 0.3) is 10.0 Å². The molecule has 0 saturated carbocycles. The van der Waals surface area contributed by atoms with Crippen molar-refractivity contribution in [2.45, 2.75) is 18.2 Å². The SMILES string of the molecule is COc1cc(OC)c(S(=O)(=O)N2CCc3ccccc32)cc1NC(C)=O. The molecule has 1 aliphatic rings. The number of nitrogens with zero attached hydrogens (tertiary/aromatic N) is 1. The summed E-state index contributed by atoms with van der Waals surface area (Å²) in [6, 6.07) is 10.2. The number of ether oxygens (including phenoxy) is 2. The Morgan fingerprint density at radius 2 is 1.81 bits per heavy atom. The Hall–Kier alpha value is -2.74. The molecule has 1 aliphatic heterocycles. The number of fused-ring (bicyclic) bond motifs is 1. The lowest BCUT2D eigenvalue weighted by Gasteiger charge is -2.22. The van der Waals surface area contributed by atoms with Crippen molar-refractivity contribution in [2.24, 2.45) is 0 Å². The van der Waals surface area contributed by atoms with Gasteiger partial charge in [-0.25, -0.2) is 8.42 Å². The highest BCUT2D eigenvalue weighted by molar-refractivity contribution is 7.93. The van der Waals surface area contributed by atoms with Gasteiger partial charge in [0.15, 0.2) is 0 Å². The fourth-order valence-electron chi connectivity index (χ4n) is 3.03. The number of carbonyl (C=O) groups is 1. The van der Waals surface area contributed by atoms with Crippen molar-refractivity contribution < 1.29 is 22.7 Å². The Labute approximate surface area is 152 Å². The van der Waals surface area contributed by atoms with Crippen LogP contribution in [0.25, 0.3) is 0 Å². The van der Waals surface area contributed by atoms with Crippen LogP contribution in [0, 0.1) is 0 Å². The molecule has 3 rings (SSSR count). The number of anilines is 2. The van der Waals surface area contributed by atoms with E-state index in [0.717, 1.165) is 5.56 Å². The Morgan fingerprint density at radius 1 is 1.12 bits per heavy atom. The lowest BCUT2D eigenvalue weighted by molar-refractivity contribution is -0.114. The van der Waals surface area contributed by atoms with E-state index in [1.807, 2.05) is 12.1 Å². The van der Waals surface area contributed by atoms with Gasteiger partial charge in [0, 0.05) is 19.5 Å². The molecule has 1 N–H and O–H groups in total. The smallest absolute Gasteiger partial charge is 0.268 e. The standard InChI is InChI=1S/C18H20N2O5S/c1-12(21)19-14-10-18(17(25-3)11-16(14)24-2)26(22,23)20-9-8-13-6-4-5-7-15(13)20/h4-7,10-11H,8-9H2,1-3H3,(H,19,21). The molecule has 0 spiro atoms. The quantitative estimate of drug-likeness (QED) is 0.866. The molecule has 0 fully saturated rings. The summed E-state index contributed by atoms with van der Waals surface area (Å²) in [4.78, 5) is 11.4. The van der Waals surface area contributed by atoms with E-state index < -0.39 is 10.0 Å². The summed E-state index contributed by atoms with van der Waals surface area (Å²) in [5.41, 5.74) is 1.91. The zero-order chi connectivity index (χ0) is 18.9. The monoisotopic (exact) mass is 376 g/mol. The maximum absolute atomic E-state index is 13.3. The summed E-state index contributed by atoms with van der Waals surface area (Å²) in [6.07, 6.45) is 0.645. The predicted molar refractivity (Wildman–Crippen MR) is 98.5 cm³/mol. The first-order valence-corrected chi connectivity index (χ1v) is 9.46. The van der Waals surface area contributed by atoms with Crippen molar-refractivity contribution in [1.29, 1.82) is 0 Å². The van der Waals surface area contributed by atoms with Crippen molar-refractivity contribution in [3.8, 4) is 11.5 Å². The maximum Gasteiger partial charge on any atom is 0.268 e. The van der Waals surface area contributed by atoms with Crippen LogP contribution < -0.4 is 19.1 Å². The molecule has 1 heterocycles. The van der Waals surface area contributed by atoms with E-state index in [4.69, 9.17) is 9.47 Å². The second-order valence-electron chi connectivity index (χ2n) is 5.84. The molecule has 0 saturated heterocycles. The number of methoxy groups -OCH3 is 2. The fourth-order valence-corrected chi connectivity index (χ4v) is 4.70. The van der Waals surface area contributed by atoms with Gasteiger partial charge in [-0.05, 0) is 24.1 Å². The Kier molecular flexibility index (Phi) is 4.78. The van der Waals surface area contributed by atoms with Gasteiger partial charge in [-0.3, -0.25) is 9.10 Å². The molecule has 138 valence electrons. The van der Waals surface area contributed by atoms with E-state index in [1.54, 1.807) is 12.1 Å². The Morgan fingerprint density at radius 3 is 2.46 bits per heavy atom. The molecule has 1 amide bonds. The number of sulfonamides is 1. The zero-order valence-corrected chi connectivity index (χ0v) is 15.6. The second-order valence-corrected chi connectivity index (χ2v) is 7.67. The summed E-state index contributed by atoms with van der Waals surface area (Å²) in [5.74, 6) is 0.140. The highest BCUT2D eigenvalue weighted by Gasteiger charge is 2.33. The van der Waals surface area contributed by atoms with E-state index in [9.17, 15) is 13.2 Å². The van der Waals surface area contributed by atoms with Crippen LogP contribution >= 0.6 is 0 Å². The van der Waals surface area contributed by atoms with Crippen LogP contribution in [0.5, 0.6) is 11.5 Å². The third kappa shape index (κ3) is 3.08. The molecular weight excluding hydrogens is 356 g/mol. The first-order chi connectivity index (χ1) is 12.4. The van der Waals surface area contributed by atoms with Gasteiger partial charge >= 0.3 is 0 Å². The molecule has 0 bridgehead atoms. The molecule has 0 unspecified atom stereocenters. The topological polar surface area (TPSA) is 84.9 Å². The average Bonchev–Trinajstić information content (AvgIpc) is 3.05. The lowest BCUT2D eigenvalue weighted by Crippen LogP contribution is -2.29. The molecule has 2 aromatic rings. The van der Waals surface area contributed by atoms with Crippen molar-refractivity contribution in [1.82, 2.24) is 0 Å². The minimum atomic E-state index is -3.88. The summed E-state index contributed by atoms with van der Waals surface area (Å²) in [6.45, 7) is 1.70. The molecule has 0 atom stereocenters. The van der Waals surface area contributed by atoms with Crippen LogP contribution in [0.2, 0.25) is 0 Å². The largest absolute Gasteiger partial charge is 0.495 e. The third-order valence-electron chi connectivity index (χ3n) is 4.21. The van der Waals surface area contributed by atoms with Gasteiger partial charge in [-0.1, -0.05) is 18.2 Å². The molecule has 7 nitrogen and oxygen atoms in total. The maximum atomic E-state index is 13.3. The van der Waals surface area contributed by atoms with Crippen LogP contribution in [-0.2, 0) is 21.2 Å². The molecule has 0 aromatic heterocycles. The minimum Gasteiger partial charge on any atom is -0.495 e. The van der Waals surface area contributed by atoms with E-state index >= 15 is 0 Å². The summed E-state index contributed by atoms with van der Waals surface area (Å²) >= 11 is 0. The first kappa shape index (κ1) is 18.1. The number of para-hydroxylation sites is 1. The predicted octanol–water partition coefficient (Wildman–Crippen LogP) is 2.41. The van der Waals surface area contributed by atoms with E-state index in [1.165, 1.54) is 37.6 Å². The number of hydrogen-bond acceptors (Lipinski definition) is 5. The van der Waals surface area contributed by atoms with Crippen LogP contribution in [0.1, 0.15) is 12.5 Å².